The van der Waals surface area contributed by atoms with E-state index < -0.39 is 5.41 Å². The highest BCUT2D eigenvalue weighted by Gasteiger charge is 2.30. The number of piperazine rings is 1. The number of nitrogens with one attached hydrogen (secondary N) is 1. The molecule has 1 N–H and O–H groups in total. The molecule has 0 aliphatic carbocycles. The zero-order valence-electron chi connectivity index (χ0n) is 21.9. The number of nitrogens with zero attached hydrogens (tertiary/aromatic N) is 4. The van der Waals surface area contributed by atoms with Crippen LogP contribution in [0, 0.1) is 12.3 Å². The molecule has 1 aliphatic heterocycles. The van der Waals surface area contributed by atoms with Crippen LogP contribution < -0.4 is 15.6 Å². The van der Waals surface area contributed by atoms with Gasteiger partial charge in [-0.1, -0.05) is 57.2 Å². The van der Waals surface area contributed by atoms with Crippen molar-refractivity contribution in [2.75, 3.05) is 36.4 Å². The Bertz CT molecular complexity index is 1480. The molecule has 2 aromatic heterocycles. The van der Waals surface area contributed by atoms with E-state index in [2.05, 4.69) is 10.2 Å². The molecule has 37 heavy (non-hydrogen) atoms. The third-order valence-corrected chi connectivity index (χ3v) is 6.74. The van der Waals surface area contributed by atoms with Crippen molar-refractivity contribution in [1.82, 2.24) is 14.5 Å². The number of aryl methyl sites for hydroxylation is 1. The van der Waals surface area contributed by atoms with Gasteiger partial charge in [-0.15, -0.1) is 0 Å². The third-order valence-electron chi connectivity index (χ3n) is 6.74. The molecule has 0 bridgehead atoms. The Balaban J connectivity index is 1.60. The number of rotatable bonds is 4. The van der Waals surface area contributed by atoms with Crippen LogP contribution in [0.25, 0.3) is 16.7 Å². The van der Waals surface area contributed by atoms with Gasteiger partial charge in [0.2, 0.25) is 5.91 Å². The van der Waals surface area contributed by atoms with E-state index in [0.29, 0.717) is 43.0 Å². The lowest BCUT2D eigenvalue weighted by molar-refractivity contribution is -0.139. The molecule has 0 saturated carbocycles. The number of pyridine rings is 2. The van der Waals surface area contributed by atoms with Crippen LogP contribution in [0.5, 0.6) is 0 Å². The average Bonchev–Trinajstić information content (AvgIpc) is 2.88. The number of fused-ring (bicyclic) bond motifs is 1. The predicted octanol–water partition coefficient (Wildman–Crippen LogP) is 5.13. The van der Waals surface area contributed by atoms with Crippen LogP contribution in [0.4, 0.5) is 17.3 Å². The van der Waals surface area contributed by atoms with Crippen molar-refractivity contribution in [3.63, 3.8) is 0 Å². The Kier molecular flexibility index (Phi) is 6.46. The first kappa shape index (κ1) is 24.6. The van der Waals surface area contributed by atoms with Gasteiger partial charge in [0, 0.05) is 49.0 Å². The molecule has 0 atom stereocenters. The molecule has 1 saturated heterocycles. The molecule has 0 spiro atoms. The molecule has 0 unspecified atom stereocenters. The highest BCUT2D eigenvalue weighted by atomic mass is 16.2. The molecule has 5 rings (SSSR count). The topological polar surface area (TPSA) is 70.5 Å². The Morgan fingerprint density at radius 3 is 2.14 bits per heavy atom. The lowest BCUT2D eigenvalue weighted by Gasteiger charge is -2.38. The van der Waals surface area contributed by atoms with Crippen LogP contribution in [-0.2, 0) is 4.79 Å². The third kappa shape index (κ3) is 4.94. The minimum Gasteiger partial charge on any atom is -0.353 e. The van der Waals surface area contributed by atoms with E-state index in [1.807, 2.05) is 104 Å². The van der Waals surface area contributed by atoms with Crippen molar-refractivity contribution < 1.29 is 4.79 Å². The van der Waals surface area contributed by atoms with Crippen LogP contribution in [0.2, 0.25) is 0 Å². The molecule has 7 heteroatoms. The minimum absolute atomic E-state index is 0.0715. The van der Waals surface area contributed by atoms with Gasteiger partial charge < -0.3 is 15.1 Å². The molecule has 190 valence electrons. The van der Waals surface area contributed by atoms with Crippen molar-refractivity contribution in [2.45, 2.75) is 27.7 Å². The highest BCUT2D eigenvalue weighted by molar-refractivity contribution is 5.86. The van der Waals surface area contributed by atoms with E-state index in [1.54, 1.807) is 6.07 Å². The summed E-state index contributed by atoms with van der Waals surface area (Å²) in [6, 6.07) is 23.4. The number of aromatic nitrogens is 2. The lowest BCUT2D eigenvalue weighted by atomic mass is 9.94. The molecule has 1 fully saturated rings. The predicted molar refractivity (Wildman–Crippen MR) is 150 cm³/mol. The van der Waals surface area contributed by atoms with E-state index in [4.69, 9.17) is 4.98 Å². The maximum Gasteiger partial charge on any atom is 0.228 e. The summed E-state index contributed by atoms with van der Waals surface area (Å²) in [6.07, 6.45) is 0. The first-order chi connectivity index (χ1) is 17.7. The second-order valence-corrected chi connectivity index (χ2v) is 10.6. The van der Waals surface area contributed by atoms with E-state index in [0.717, 1.165) is 22.8 Å². The van der Waals surface area contributed by atoms with Crippen LogP contribution in [-0.4, -0.2) is 46.5 Å². The van der Waals surface area contributed by atoms with Crippen LogP contribution >= 0.6 is 0 Å². The maximum absolute atomic E-state index is 13.3. The van der Waals surface area contributed by atoms with E-state index >= 15 is 0 Å². The van der Waals surface area contributed by atoms with Crippen LogP contribution in [0.1, 0.15) is 26.3 Å². The summed E-state index contributed by atoms with van der Waals surface area (Å²) in [5.74, 6) is 1.64. The molecule has 1 amide bonds. The standard InChI is InChI=1S/C30H33N5O2/c1-21-19-25(33-15-17-34(18-16-33)29(37)30(2,3)4)32-28-27(21)24(36)20-26(31-22-11-7-5-8-12-22)35(28)23-13-9-6-10-14-23/h5-14,19-20,31H,15-18H2,1-4H3. The smallest absolute Gasteiger partial charge is 0.228 e. The maximum atomic E-state index is 13.3. The van der Waals surface area contributed by atoms with Gasteiger partial charge in [0.1, 0.15) is 11.6 Å². The fourth-order valence-electron chi connectivity index (χ4n) is 4.85. The van der Waals surface area contributed by atoms with E-state index in [-0.39, 0.29) is 11.3 Å². The number of para-hydroxylation sites is 2. The SMILES string of the molecule is Cc1cc(N2CCN(C(=O)C(C)(C)C)CC2)nc2c1c(=O)cc(Nc1ccccc1)n2-c1ccccc1. The van der Waals surface area contributed by atoms with Gasteiger partial charge >= 0.3 is 0 Å². The van der Waals surface area contributed by atoms with Crippen molar-refractivity contribution in [3.8, 4) is 5.69 Å². The van der Waals surface area contributed by atoms with Crippen molar-refractivity contribution >= 4 is 34.3 Å². The number of anilines is 3. The average molecular weight is 496 g/mol. The molecule has 3 heterocycles. The number of carbonyl (C=O) groups excluding carboxylic acids is 1. The van der Waals surface area contributed by atoms with Gasteiger partial charge in [-0.3, -0.25) is 14.2 Å². The fraction of sp³-hybridized carbons (Fsp3) is 0.300. The summed E-state index contributed by atoms with van der Waals surface area (Å²) < 4.78 is 2.01. The second-order valence-electron chi connectivity index (χ2n) is 10.6. The number of amides is 1. The largest absolute Gasteiger partial charge is 0.353 e. The summed E-state index contributed by atoms with van der Waals surface area (Å²) in [4.78, 5) is 35.3. The second kappa shape index (κ2) is 9.73. The first-order valence-electron chi connectivity index (χ1n) is 12.7. The molecule has 4 aromatic rings. The molecule has 1 aliphatic rings. The van der Waals surface area contributed by atoms with Gasteiger partial charge in [0.15, 0.2) is 11.1 Å². The van der Waals surface area contributed by atoms with Gasteiger partial charge in [-0.05, 0) is 42.8 Å². The van der Waals surface area contributed by atoms with E-state index in [1.165, 1.54) is 0 Å². The fourth-order valence-corrected chi connectivity index (χ4v) is 4.85. The van der Waals surface area contributed by atoms with Crippen LogP contribution in [0.3, 0.4) is 0 Å². The molecule has 0 radical (unpaired) electrons. The Morgan fingerprint density at radius 1 is 0.892 bits per heavy atom. The van der Waals surface area contributed by atoms with Gasteiger partial charge in [-0.25, -0.2) is 4.98 Å². The summed E-state index contributed by atoms with van der Waals surface area (Å²) in [5.41, 5.74) is 2.83. The normalized spacial score (nSPS) is 14.2. The summed E-state index contributed by atoms with van der Waals surface area (Å²) in [7, 11) is 0. The van der Waals surface area contributed by atoms with Crippen molar-refractivity contribution in [1.29, 1.82) is 0 Å². The molecule has 2 aromatic carbocycles. The molecular weight excluding hydrogens is 462 g/mol. The molecule has 7 nitrogen and oxygen atoms in total. The quantitative estimate of drug-likeness (QED) is 0.425. The van der Waals surface area contributed by atoms with Gasteiger partial charge in [0.05, 0.1) is 5.39 Å². The Morgan fingerprint density at radius 2 is 1.51 bits per heavy atom. The van der Waals surface area contributed by atoms with Crippen molar-refractivity contribution in [2.24, 2.45) is 5.41 Å². The highest BCUT2D eigenvalue weighted by Crippen LogP contribution is 2.28. The van der Waals surface area contributed by atoms with Gasteiger partial charge in [-0.2, -0.15) is 0 Å². The Hall–Kier alpha value is -4.13. The van der Waals surface area contributed by atoms with Crippen molar-refractivity contribution in [3.05, 3.63) is 88.6 Å². The first-order valence-corrected chi connectivity index (χ1v) is 12.7. The zero-order valence-corrected chi connectivity index (χ0v) is 21.9. The van der Waals surface area contributed by atoms with Crippen LogP contribution in [0.15, 0.2) is 77.6 Å². The number of hydrogen-bond acceptors (Lipinski definition) is 5. The summed E-state index contributed by atoms with van der Waals surface area (Å²) >= 11 is 0. The number of carbonyl (C=O) groups is 1. The zero-order chi connectivity index (χ0) is 26.2. The summed E-state index contributed by atoms with van der Waals surface area (Å²) in [6.45, 7) is 10.5. The Labute approximate surface area is 217 Å². The monoisotopic (exact) mass is 495 g/mol. The number of hydrogen-bond donors (Lipinski definition) is 1. The number of benzene rings is 2. The minimum atomic E-state index is -0.395. The summed E-state index contributed by atoms with van der Waals surface area (Å²) in [5, 5.41) is 4.02. The molecular formula is C30H33N5O2. The van der Waals surface area contributed by atoms with Gasteiger partial charge in [0.25, 0.3) is 0 Å². The van der Waals surface area contributed by atoms with E-state index in [9.17, 15) is 9.59 Å². The lowest BCUT2D eigenvalue weighted by Crippen LogP contribution is -2.51.